The Morgan fingerprint density at radius 3 is 2.34 bits per heavy atom. The van der Waals surface area contributed by atoms with Gasteiger partial charge >= 0.3 is 6.09 Å². The Kier molecular flexibility index (Phi) is 8.20. The van der Waals surface area contributed by atoms with Crippen molar-refractivity contribution in [2.45, 2.75) is 77.0 Å². The van der Waals surface area contributed by atoms with Crippen LogP contribution in [0.25, 0.3) is 22.0 Å². The minimum Gasteiger partial charge on any atom is -0.505 e. The summed E-state index contributed by atoms with van der Waals surface area (Å²) in [6, 6.07) is 9.34. The fourth-order valence-corrected chi connectivity index (χ4v) is 6.18. The lowest BCUT2D eigenvalue weighted by Gasteiger charge is -2.30. The number of carbonyl (C=O) groups excluding carboxylic acids is 2. The van der Waals surface area contributed by atoms with Gasteiger partial charge in [-0.15, -0.1) is 0 Å². The van der Waals surface area contributed by atoms with Gasteiger partial charge in [0.15, 0.2) is 11.5 Å². The number of benzene rings is 2. The molecule has 0 aliphatic heterocycles. The van der Waals surface area contributed by atoms with Gasteiger partial charge in [0, 0.05) is 29.7 Å². The van der Waals surface area contributed by atoms with E-state index in [2.05, 4.69) is 20.7 Å². The smallest absolute Gasteiger partial charge is 0.407 e. The van der Waals surface area contributed by atoms with E-state index in [-0.39, 0.29) is 45.7 Å². The van der Waals surface area contributed by atoms with Gasteiger partial charge in [-0.25, -0.2) is 4.79 Å². The van der Waals surface area contributed by atoms with Crippen LogP contribution in [0, 0.1) is 5.92 Å². The van der Waals surface area contributed by atoms with Crippen LogP contribution in [0.1, 0.15) is 75.7 Å². The summed E-state index contributed by atoms with van der Waals surface area (Å²) in [5, 5.41) is 22.3. The Morgan fingerprint density at radius 2 is 1.68 bits per heavy atom. The number of carbonyl (C=O) groups is 2. The van der Waals surface area contributed by atoms with E-state index in [1.165, 1.54) is 0 Å². The summed E-state index contributed by atoms with van der Waals surface area (Å²) in [5.74, 6) is -0.0740. The minimum atomic E-state index is -0.530. The lowest BCUT2D eigenvalue weighted by Crippen LogP contribution is -2.41. The number of hydrogen-bond donors (Lipinski definition) is 3. The number of ether oxygens (including phenoxy) is 1. The summed E-state index contributed by atoms with van der Waals surface area (Å²) in [5.41, 5.74) is 3.72. The van der Waals surface area contributed by atoms with Crippen LogP contribution in [0.2, 0.25) is 10.0 Å². The minimum absolute atomic E-state index is 0.0138. The molecule has 4 aromatic rings. The molecule has 6 rings (SSSR count). The molecular formula is C33H35Cl2N5O4. The zero-order valence-corrected chi connectivity index (χ0v) is 26.4. The molecule has 2 saturated carbocycles. The number of fused-ring (bicyclic) bond motifs is 1. The van der Waals surface area contributed by atoms with E-state index in [9.17, 15) is 14.7 Å². The maximum Gasteiger partial charge on any atom is 0.407 e. The highest BCUT2D eigenvalue weighted by Gasteiger charge is 2.33. The van der Waals surface area contributed by atoms with Crippen LogP contribution in [-0.2, 0) is 4.74 Å². The average molecular weight is 637 g/mol. The Bertz CT molecular complexity index is 1710. The molecule has 2 heterocycles. The van der Waals surface area contributed by atoms with E-state index in [1.54, 1.807) is 24.5 Å². The zero-order valence-electron chi connectivity index (χ0n) is 24.9. The molecule has 0 radical (unpaired) electrons. The number of nitrogens with zero attached hydrogens (tertiary/aromatic N) is 3. The Balaban J connectivity index is 1.25. The van der Waals surface area contributed by atoms with Gasteiger partial charge in [-0.1, -0.05) is 29.3 Å². The van der Waals surface area contributed by atoms with Gasteiger partial charge in [-0.2, -0.15) is 5.10 Å². The number of pyridine rings is 1. The van der Waals surface area contributed by atoms with Gasteiger partial charge in [0.25, 0.3) is 0 Å². The predicted octanol–water partition coefficient (Wildman–Crippen LogP) is 8.46. The van der Waals surface area contributed by atoms with Crippen molar-refractivity contribution in [3.63, 3.8) is 0 Å². The largest absolute Gasteiger partial charge is 0.505 e. The van der Waals surface area contributed by atoms with Crippen molar-refractivity contribution in [1.82, 2.24) is 20.1 Å². The Morgan fingerprint density at radius 1 is 0.977 bits per heavy atom. The van der Waals surface area contributed by atoms with E-state index in [1.807, 2.05) is 49.8 Å². The fraction of sp³-hybridized carbons (Fsp3) is 0.394. The molecular weight excluding hydrogens is 601 g/mol. The summed E-state index contributed by atoms with van der Waals surface area (Å²) in [4.78, 5) is 30.2. The van der Waals surface area contributed by atoms with Gasteiger partial charge < -0.3 is 20.5 Å². The quantitative estimate of drug-likeness (QED) is 0.174. The molecule has 0 unspecified atom stereocenters. The highest BCUT2D eigenvalue weighted by molar-refractivity contribution is 6.37. The number of Topliss-reactive ketones (excluding diaryl/α,β-unsaturated/α-hetero) is 1. The fourth-order valence-electron chi connectivity index (χ4n) is 5.70. The third-order valence-corrected chi connectivity index (χ3v) is 8.67. The van der Waals surface area contributed by atoms with Crippen LogP contribution in [0.3, 0.4) is 0 Å². The molecule has 11 heteroatoms. The van der Waals surface area contributed by atoms with E-state index in [0.29, 0.717) is 11.3 Å². The molecule has 3 N–H and O–H groups in total. The standard InChI is InChI=1S/C33H35Cl2N5O4/c1-33(2,3)44-32(43)39-21-7-9-23(10-8-21)40-17-22(15-37-40)38-29-24-12-19(20-13-26(34)31(42)27(35)14-20)6-11-28(24)36-16-25(29)30(41)18-4-5-18/h6,11-18,21,23,42H,4-5,7-10H2,1-3H3,(H,36,38)(H,39,43)/t21-,23-. The van der Waals surface area contributed by atoms with E-state index in [4.69, 9.17) is 27.9 Å². The van der Waals surface area contributed by atoms with Gasteiger partial charge in [-0.3, -0.25) is 14.5 Å². The zero-order chi connectivity index (χ0) is 31.2. The van der Waals surface area contributed by atoms with Gasteiger partial charge in [0.2, 0.25) is 0 Å². The molecule has 0 bridgehead atoms. The molecule has 2 aliphatic carbocycles. The predicted molar refractivity (Wildman–Crippen MR) is 172 cm³/mol. The first-order valence-electron chi connectivity index (χ1n) is 14.9. The Hall–Kier alpha value is -3.82. The van der Waals surface area contributed by atoms with Crippen LogP contribution < -0.4 is 10.6 Å². The first-order chi connectivity index (χ1) is 20.9. The molecule has 0 atom stereocenters. The normalized spacial score (nSPS) is 18.7. The van der Waals surface area contributed by atoms with Crippen molar-refractivity contribution >= 4 is 57.4 Å². The van der Waals surface area contributed by atoms with Crippen molar-refractivity contribution in [1.29, 1.82) is 0 Å². The summed E-state index contributed by atoms with van der Waals surface area (Å²) in [7, 11) is 0. The molecule has 44 heavy (non-hydrogen) atoms. The van der Waals surface area contributed by atoms with Gasteiger partial charge in [0.1, 0.15) is 5.60 Å². The SMILES string of the molecule is CC(C)(C)OC(=O)N[C@H]1CC[C@H](n2cc(Nc3c(C(=O)C4CC4)cnc4ccc(-c5cc(Cl)c(O)c(Cl)c5)cc34)cn2)CC1. The van der Waals surface area contributed by atoms with E-state index in [0.717, 1.165) is 66.2 Å². The van der Waals surface area contributed by atoms with Crippen LogP contribution >= 0.6 is 23.2 Å². The average Bonchev–Trinajstić information content (AvgIpc) is 3.73. The number of rotatable bonds is 7. The van der Waals surface area contributed by atoms with Crippen molar-refractivity contribution in [2.24, 2.45) is 5.92 Å². The molecule has 2 aromatic heterocycles. The molecule has 0 spiro atoms. The molecule has 2 aliphatic rings. The monoisotopic (exact) mass is 635 g/mol. The molecule has 1 amide bonds. The number of aromatic nitrogens is 3. The summed E-state index contributed by atoms with van der Waals surface area (Å²) < 4.78 is 7.37. The van der Waals surface area contributed by atoms with Crippen molar-refractivity contribution in [3.8, 4) is 16.9 Å². The molecule has 9 nitrogen and oxygen atoms in total. The second kappa shape index (κ2) is 11.9. The maximum atomic E-state index is 13.4. The van der Waals surface area contributed by atoms with E-state index >= 15 is 0 Å². The number of amides is 1. The van der Waals surface area contributed by atoms with Crippen LogP contribution in [0.5, 0.6) is 5.75 Å². The Labute approximate surface area is 265 Å². The topological polar surface area (TPSA) is 118 Å². The van der Waals surface area contributed by atoms with E-state index < -0.39 is 5.60 Å². The molecule has 0 saturated heterocycles. The second-order valence-corrected chi connectivity index (χ2v) is 13.5. The van der Waals surface area contributed by atoms with Crippen LogP contribution in [0.4, 0.5) is 16.2 Å². The molecule has 230 valence electrons. The molecule has 2 aromatic carbocycles. The number of anilines is 2. The lowest BCUT2D eigenvalue weighted by atomic mass is 9.91. The summed E-state index contributed by atoms with van der Waals surface area (Å²) in [6.07, 6.45) is 10.2. The third kappa shape index (κ3) is 6.64. The number of phenols is 1. The van der Waals surface area contributed by atoms with Crippen molar-refractivity contribution < 1.29 is 19.4 Å². The maximum absolute atomic E-state index is 13.4. The van der Waals surface area contributed by atoms with Crippen LogP contribution in [-0.4, -0.2) is 43.4 Å². The number of alkyl carbamates (subject to hydrolysis) is 1. The highest BCUT2D eigenvalue weighted by Crippen LogP contribution is 2.41. The summed E-state index contributed by atoms with van der Waals surface area (Å²) in [6.45, 7) is 5.56. The number of nitrogens with one attached hydrogen (secondary N) is 2. The van der Waals surface area contributed by atoms with Gasteiger partial charge in [0.05, 0.1) is 44.7 Å². The highest BCUT2D eigenvalue weighted by atomic mass is 35.5. The summed E-state index contributed by atoms with van der Waals surface area (Å²) >= 11 is 12.4. The third-order valence-electron chi connectivity index (χ3n) is 8.09. The lowest BCUT2D eigenvalue weighted by molar-refractivity contribution is 0.0487. The van der Waals surface area contributed by atoms with Crippen molar-refractivity contribution in [2.75, 3.05) is 5.32 Å². The molecule has 2 fully saturated rings. The first-order valence-corrected chi connectivity index (χ1v) is 15.7. The number of phenolic OH excluding ortho intramolecular Hbond substituents is 1. The first kappa shape index (κ1) is 30.2. The number of aromatic hydroxyl groups is 1. The number of ketones is 1. The second-order valence-electron chi connectivity index (χ2n) is 12.7. The van der Waals surface area contributed by atoms with Crippen molar-refractivity contribution in [3.05, 3.63) is 64.5 Å². The van der Waals surface area contributed by atoms with Gasteiger partial charge in [-0.05, 0) is 94.7 Å². The number of halogens is 2. The number of hydrogen-bond acceptors (Lipinski definition) is 7. The van der Waals surface area contributed by atoms with Crippen LogP contribution in [0.15, 0.2) is 48.9 Å².